The Morgan fingerprint density at radius 1 is 1.05 bits per heavy atom. The number of amides is 1. The molecule has 188 valence electrons. The molecule has 0 bridgehead atoms. The van der Waals surface area contributed by atoms with Gasteiger partial charge in [-0.3, -0.25) is 4.79 Å². The van der Waals surface area contributed by atoms with Crippen LogP contribution >= 0.6 is 0 Å². The molecule has 1 fully saturated rings. The second-order valence-electron chi connectivity index (χ2n) is 9.28. The van der Waals surface area contributed by atoms with Gasteiger partial charge in [0, 0.05) is 17.7 Å². The van der Waals surface area contributed by atoms with Crippen molar-refractivity contribution in [2.24, 2.45) is 5.92 Å². The van der Waals surface area contributed by atoms with Gasteiger partial charge in [-0.15, -0.1) is 0 Å². The van der Waals surface area contributed by atoms with E-state index in [2.05, 4.69) is 4.98 Å². The molecule has 4 aromatic rings. The zero-order valence-corrected chi connectivity index (χ0v) is 20.8. The molecule has 1 aliphatic carbocycles. The van der Waals surface area contributed by atoms with Crippen molar-refractivity contribution in [3.63, 3.8) is 0 Å². The van der Waals surface area contributed by atoms with Crippen LogP contribution < -0.4 is 4.90 Å². The Bertz CT molecular complexity index is 1450. The molecule has 1 atom stereocenters. The molecule has 1 aromatic heterocycles. The summed E-state index contributed by atoms with van der Waals surface area (Å²) in [6.07, 6.45) is 9.30. The number of hydrogen-bond acceptors (Lipinski definition) is 5. The summed E-state index contributed by atoms with van der Waals surface area (Å²) < 4.78 is 19.3. The first-order chi connectivity index (χ1) is 18.5. The number of carbonyl (C=O) groups excluding carboxylic acids is 2. The Morgan fingerprint density at radius 2 is 1.84 bits per heavy atom. The molecule has 0 N–H and O–H groups in total. The van der Waals surface area contributed by atoms with Gasteiger partial charge in [0.05, 0.1) is 15.0 Å². The van der Waals surface area contributed by atoms with Gasteiger partial charge in [-0.25, -0.2) is 9.78 Å². The first kappa shape index (κ1) is 23.2. The van der Waals surface area contributed by atoms with Gasteiger partial charge in [0.2, 0.25) is 5.91 Å². The second kappa shape index (κ2) is 11.2. The Morgan fingerprint density at radius 3 is 2.62 bits per heavy atom. The number of benzene rings is 3. The number of aromatic nitrogens is 1. The third-order valence-electron chi connectivity index (χ3n) is 6.81. The van der Waals surface area contributed by atoms with E-state index in [4.69, 9.17) is 9.15 Å². The average molecular weight is 496 g/mol. The molecule has 5 rings (SSSR count). The third-order valence-corrected chi connectivity index (χ3v) is 6.81. The molecule has 0 radical (unpaired) electrons. The Kier molecular flexibility index (Phi) is 7.06. The summed E-state index contributed by atoms with van der Waals surface area (Å²) in [4.78, 5) is 31.2. The van der Waals surface area contributed by atoms with E-state index in [0.29, 0.717) is 11.3 Å². The fourth-order valence-corrected chi connectivity index (χ4v) is 4.77. The molecule has 1 amide bonds. The first-order valence-corrected chi connectivity index (χ1v) is 12.6. The summed E-state index contributed by atoms with van der Waals surface area (Å²) in [6, 6.07) is 21.0. The molecule has 1 heterocycles. The van der Waals surface area contributed by atoms with Crippen LogP contribution in [0.25, 0.3) is 28.3 Å². The second-order valence-corrected chi connectivity index (χ2v) is 9.28. The zero-order valence-electron chi connectivity index (χ0n) is 21.8. The highest BCUT2D eigenvalue weighted by Gasteiger charge is 2.27. The number of ether oxygens (including phenoxy) is 1. The van der Waals surface area contributed by atoms with Gasteiger partial charge in [-0.1, -0.05) is 61.7 Å². The van der Waals surface area contributed by atoms with Crippen molar-refractivity contribution in [2.75, 3.05) is 12.0 Å². The lowest BCUT2D eigenvalue weighted by atomic mass is 9.88. The zero-order chi connectivity index (χ0) is 26.5. The van der Waals surface area contributed by atoms with Crippen molar-refractivity contribution in [3.8, 4) is 11.1 Å². The molecule has 3 aromatic carbocycles. The molecular weight excluding hydrogens is 464 g/mol. The lowest BCUT2D eigenvalue weighted by Crippen LogP contribution is -2.36. The number of carbonyl (C=O) groups is 2. The van der Waals surface area contributed by atoms with Crippen molar-refractivity contribution < 1.29 is 20.1 Å². The van der Waals surface area contributed by atoms with E-state index < -0.39 is 12.5 Å². The van der Waals surface area contributed by atoms with E-state index >= 15 is 0 Å². The van der Waals surface area contributed by atoms with E-state index in [-0.39, 0.29) is 11.8 Å². The summed E-state index contributed by atoms with van der Waals surface area (Å²) in [7, 11) is 1.33. The molecule has 37 heavy (non-hydrogen) atoms. The quantitative estimate of drug-likeness (QED) is 0.208. The Labute approximate surface area is 218 Å². The SMILES string of the molecule is [2H]C(c1ccc(-c2ccc3ncoc3c2)cc1)N(C(=O)C1CCCCC1)c1cccc(/C=C/C(=O)OC)c1. The van der Waals surface area contributed by atoms with Crippen LogP contribution in [0.5, 0.6) is 0 Å². The Hall–Kier alpha value is -4.19. The molecule has 0 saturated heterocycles. The highest BCUT2D eigenvalue weighted by atomic mass is 16.5. The number of nitrogens with zero attached hydrogens (tertiary/aromatic N) is 2. The topological polar surface area (TPSA) is 72.6 Å². The highest BCUT2D eigenvalue weighted by Crippen LogP contribution is 2.30. The normalized spacial score (nSPS) is 15.4. The maximum Gasteiger partial charge on any atom is 0.330 e. The van der Waals surface area contributed by atoms with E-state index in [9.17, 15) is 11.0 Å². The smallest absolute Gasteiger partial charge is 0.330 e. The first-order valence-electron chi connectivity index (χ1n) is 13.2. The van der Waals surface area contributed by atoms with Crippen LogP contribution in [0, 0.1) is 5.92 Å². The van der Waals surface area contributed by atoms with Crippen LogP contribution in [0.15, 0.2) is 83.6 Å². The number of methoxy groups -OCH3 is 1. The van der Waals surface area contributed by atoms with Crippen LogP contribution in [-0.2, 0) is 20.8 Å². The van der Waals surface area contributed by atoms with E-state index in [0.717, 1.165) is 59.9 Å². The molecule has 0 spiro atoms. The predicted molar refractivity (Wildman–Crippen MR) is 145 cm³/mol. The van der Waals surface area contributed by atoms with E-state index in [1.807, 2.05) is 66.7 Å². The maximum absolute atomic E-state index is 13.8. The van der Waals surface area contributed by atoms with Gasteiger partial charge in [-0.05, 0) is 65.4 Å². The summed E-state index contributed by atoms with van der Waals surface area (Å²) >= 11 is 0. The Balaban J connectivity index is 1.45. The molecule has 6 heteroatoms. The number of fused-ring (bicyclic) bond motifs is 1. The summed E-state index contributed by atoms with van der Waals surface area (Å²) in [5.74, 6) is -0.580. The van der Waals surface area contributed by atoms with Gasteiger partial charge in [-0.2, -0.15) is 0 Å². The highest BCUT2D eigenvalue weighted by molar-refractivity contribution is 5.95. The van der Waals surface area contributed by atoms with Gasteiger partial charge in [0.25, 0.3) is 0 Å². The molecular formula is C31H30N2O4. The molecule has 1 saturated carbocycles. The van der Waals surface area contributed by atoms with Crippen molar-refractivity contribution in [1.82, 2.24) is 4.98 Å². The van der Waals surface area contributed by atoms with Crippen molar-refractivity contribution in [3.05, 3.63) is 90.3 Å². The monoisotopic (exact) mass is 495 g/mol. The lowest BCUT2D eigenvalue weighted by molar-refractivity contribution is -0.134. The van der Waals surface area contributed by atoms with Crippen LogP contribution in [-0.4, -0.2) is 24.0 Å². The van der Waals surface area contributed by atoms with Gasteiger partial charge >= 0.3 is 5.97 Å². The van der Waals surface area contributed by atoms with Crippen molar-refractivity contribution in [1.29, 1.82) is 0 Å². The predicted octanol–water partition coefficient (Wildman–Crippen LogP) is 6.79. The van der Waals surface area contributed by atoms with Gasteiger partial charge in [0.15, 0.2) is 12.0 Å². The number of esters is 1. The number of oxazole rings is 1. The minimum atomic E-state index is -0.921. The molecule has 0 aliphatic heterocycles. The number of anilines is 1. The van der Waals surface area contributed by atoms with Crippen LogP contribution in [0.1, 0.15) is 44.6 Å². The standard InChI is InChI=1S/C31H30N2O4/c1-36-30(34)17-12-22-6-5-9-27(18-22)33(31(35)25-7-3-2-4-8-25)20-23-10-13-24(14-11-23)26-15-16-28-29(19-26)37-21-32-28/h5-6,9-19,21,25H,2-4,7-8,20H2,1H3/b17-12+/i20D. The van der Waals surface area contributed by atoms with Gasteiger partial charge in [0.1, 0.15) is 5.52 Å². The van der Waals surface area contributed by atoms with Crippen LogP contribution in [0.3, 0.4) is 0 Å². The summed E-state index contributed by atoms with van der Waals surface area (Å²) in [5.41, 5.74) is 5.59. The number of hydrogen-bond donors (Lipinski definition) is 0. The minimum Gasteiger partial charge on any atom is -0.466 e. The number of rotatable bonds is 7. The van der Waals surface area contributed by atoms with Crippen molar-refractivity contribution in [2.45, 2.75) is 38.6 Å². The molecule has 1 aliphatic rings. The fourth-order valence-electron chi connectivity index (χ4n) is 4.77. The van der Waals surface area contributed by atoms with E-state index in [1.165, 1.54) is 19.6 Å². The van der Waals surface area contributed by atoms with Crippen molar-refractivity contribution >= 4 is 34.7 Å². The summed E-state index contributed by atoms with van der Waals surface area (Å²) in [5, 5.41) is 0. The maximum atomic E-state index is 13.8. The fraction of sp³-hybridized carbons (Fsp3) is 0.258. The van der Waals surface area contributed by atoms with E-state index in [1.54, 1.807) is 11.0 Å². The lowest BCUT2D eigenvalue weighted by Gasteiger charge is -2.30. The summed E-state index contributed by atoms with van der Waals surface area (Å²) in [6.45, 7) is -0.921. The largest absolute Gasteiger partial charge is 0.466 e. The minimum absolute atomic E-state index is 0.0290. The third kappa shape index (κ3) is 5.80. The van der Waals surface area contributed by atoms with Gasteiger partial charge < -0.3 is 14.1 Å². The average Bonchev–Trinajstić information content (AvgIpc) is 3.45. The van der Waals surface area contributed by atoms with Crippen LogP contribution in [0.4, 0.5) is 5.69 Å². The molecule has 1 unspecified atom stereocenters. The van der Waals surface area contributed by atoms with Crippen LogP contribution in [0.2, 0.25) is 0 Å². The molecule has 6 nitrogen and oxygen atoms in total.